The lowest BCUT2D eigenvalue weighted by molar-refractivity contribution is -0.870. The van der Waals surface area contributed by atoms with Crippen LogP contribution < -0.4 is 4.89 Å². The van der Waals surface area contributed by atoms with Crippen LogP contribution in [0.1, 0.15) is 162 Å². The predicted octanol–water partition coefficient (Wildman–Crippen LogP) is 11.0. The zero-order chi connectivity index (χ0) is 42.3. The fourth-order valence-electron chi connectivity index (χ4n) is 5.46. The normalized spacial score (nSPS) is 14.1. The molecule has 0 heterocycles. The zero-order valence-corrected chi connectivity index (χ0v) is 37.4. The number of phosphoric acid groups is 1. The van der Waals surface area contributed by atoms with Crippen LogP contribution >= 0.6 is 7.82 Å². The second-order valence-electron chi connectivity index (χ2n) is 15.7. The molecule has 0 bridgehead atoms. The van der Waals surface area contributed by atoms with Gasteiger partial charge in [0.05, 0.1) is 27.7 Å². The van der Waals surface area contributed by atoms with Crippen LogP contribution in [-0.4, -0.2) is 75.8 Å². The Balaban J connectivity index is 4.49. The van der Waals surface area contributed by atoms with Crippen LogP contribution in [-0.2, 0) is 37.5 Å². The van der Waals surface area contributed by atoms with Gasteiger partial charge < -0.3 is 27.9 Å². The first kappa shape index (κ1) is 54.4. The van der Waals surface area contributed by atoms with Gasteiger partial charge in [0.2, 0.25) is 0 Å². The van der Waals surface area contributed by atoms with Crippen molar-refractivity contribution < 1.29 is 46.8 Å². The molecule has 328 valence electrons. The van der Waals surface area contributed by atoms with Gasteiger partial charge in [-0.3, -0.25) is 18.9 Å². The third-order valence-corrected chi connectivity index (χ3v) is 9.95. The van der Waals surface area contributed by atoms with Gasteiger partial charge in [0, 0.05) is 19.3 Å². The molecule has 0 fully saturated rings. The number of ether oxygens (including phenoxy) is 2. The Bertz CT molecular complexity index is 1220. The Morgan fingerprint density at radius 2 is 1.11 bits per heavy atom. The van der Waals surface area contributed by atoms with Crippen molar-refractivity contribution in [3.05, 3.63) is 60.8 Å². The largest absolute Gasteiger partial charge is 0.756 e. The second kappa shape index (κ2) is 37.6. The molecule has 0 aliphatic carbocycles. The van der Waals surface area contributed by atoms with Gasteiger partial charge in [-0.15, -0.1) is 0 Å². The molecule has 0 saturated heterocycles. The number of carbonyl (C=O) groups is 3. The minimum Gasteiger partial charge on any atom is -0.756 e. The van der Waals surface area contributed by atoms with E-state index in [1.54, 1.807) is 6.08 Å². The monoisotopic (exact) mass is 822 g/mol. The SMILES string of the molecule is CCCCC/C=C\C/C=C\C/C=C\CCCCCCC(=O)O[C@H](COC(=O)CCCCCCC/C=C\C=C\C(=O)CCCCC)COP(=O)([O-])OCC[N+](C)(C)C. The molecule has 0 aromatic heterocycles. The van der Waals surface area contributed by atoms with Crippen molar-refractivity contribution in [1.82, 2.24) is 0 Å². The first-order valence-electron chi connectivity index (χ1n) is 21.9. The molecule has 0 aromatic carbocycles. The number of phosphoric ester groups is 1. The molecular weight excluding hydrogens is 741 g/mol. The van der Waals surface area contributed by atoms with Gasteiger partial charge in [0.25, 0.3) is 7.82 Å². The highest BCUT2D eigenvalue weighted by atomic mass is 31.2. The first-order valence-corrected chi connectivity index (χ1v) is 23.4. The van der Waals surface area contributed by atoms with E-state index in [0.29, 0.717) is 30.3 Å². The third-order valence-electron chi connectivity index (χ3n) is 8.99. The Morgan fingerprint density at radius 1 is 0.596 bits per heavy atom. The molecule has 0 aliphatic heterocycles. The summed E-state index contributed by atoms with van der Waals surface area (Å²) in [5.74, 6) is -0.752. The van der Waals surface area contributed by atoms with Crippen molar-refractivity contribution >= 4 is 25.5 Å². The lowest BCUT2D eigenvalue weighted by atomic mass is 10.1. The highest BCUT2D eigenvalue weighted by molar-refractivity contribution is 7.45. The number of esters is 2. The van der Waals surface area contributed by atoms with E-state index in [0.717, 1.165) is 89.9 Å². The Kier molecular flexibility index (Phi) is 35.9. The maximum atomic E-state index is 12.7. The van der Waals surface area contributed by atoms with E-state index in [4.69, 9.17) is 18.5 Å². The standard InChI is InChI=1S/C46H80NO9P/c1-6-8-10-11-12-13-14-15-16-17-18-19-20-23-27-30-34-38-46(50)56-44(42-55-57(51,52)54-40-39-47(3,4)5)41-53-45(49)37-33-29-26-24-21-22-25-28-32-36-43(48)35-31-9-7-2/h12-13,15-16,18-19,25,28,32,36,44H,6-11,14,17,20-24,26-27,29-31,33-35,37-42H2,1-5H3/b13-12-,16-15-,19-18-,28-25-,36-32+/t44-/m1/s1. The topological polar surface area (TPSA) is 128 Å². The molecule has 0 saturated carbocycles. The van der Waals surface area contributed by atoms with Crippen molar-refractivity contribution in [2.24, 2.45) is 0 Å². The van der Waals surface area contributed by atoms with Crippen molar-refractivity contribution in [3.8, 4) is 0 Å². The second-order valence-corrected chi connectivity index (χ2v) is 17.1. The van der Waals surface area contributed by atoms with Crippen LogP contribution in [0.15, 0.2) is 60.8 Å². The minimum atomic E-state index is -4.65. The summed E-state index contributed by atoms with van der Waals surface area (Å²) in [6, 6.07) is 0. The average molecular weight is 822 g/mol. The maximum absolute atomic E-state index is 12.7. The lowest BCUT2D eigenvalue weighted by Gasteiger charge is -2.28. The quantitative estimate of drug-likeness (QED) is 0.0113. The van der Waals surface area contributed by atoms with Gasteiger partial charge in [-0.1, -0.05) is 126 Å². The first-order chi connectivity index (χ1) is 27.4. The van der Waals surface area contributed by atoms with Gasteiger partial charge >= 0.3 is 11.9 Å². The zero-order valence-electron chi connectivity index (χ0n) is 36.5. The fourth-order valence-corrected chi connectivity index (χ4v) is 6.19. The van der Waals surface area contributed by atoms with Gasteiger partial charge in [-0.2, -0.15) is 0 Å². The minimum absolute atomic E-state index is 0.0524. The maximum Gasteiger partial charge on any atom is 0.306 e. The van der Waals surface area contributed by atoms with Crippen molar-refractivity contribution in [2.75, 3.05) is 47.5 Å². The fraction of sp³-hybridized carbons (Fsp3) is 0.717. The van der Waals surface area contributed by atoms with Gasteiger partial charge in [0.1, 0.15) is 19.8 Å². The van der Waals surface area contributed by atoms with E-state index in [-0.39, 0.29) is 31.8 Å². The summed E-state index contributed by atoms with van der Waals surface area (Å²) in [5, 5.41) is 0. The third kappa shape index (κ3) is 41.3. The molecule has 0 N–H and O–H groups in total. The van der Waals surface area contributed by atoms with Gasteiger partial charge in [0.15, 0.2) is 11.9 Å². The summed E-state index contributed by atoms with van der Waals surface area (Å²) in [4.78, 5) is 49.3. The molecule has 0 aliphatic rings. The van der Waals surface area contributed by atoms with Crippen LogP contribution in [0.4, 0.5) is 0 Å². The number of allylic oxidation sites excluding steroid dienone is 10. The number of ketones is 1. The number of carbonyl (C=O) groups excluding carboxylic acids is 3. The van der Waals surface area contributed by atoms with E-state index in [1.807, 2.05) is 33.3 Å². The van der Waals surface area contributed by atoms with Crippen molar-refractivity contribution in [3.63, 3.8) is 0 Å². The molecule has 0 radical (unpaired) electrons. The van der Waals surface area contributed by atoms with E-state index >= 15 is 0 Å². The summed E-state index contributed by atoms with van der Waals surface area (Å²) in [5.41, 5.74) is 0. The van der Waals surface area contributed by atoms with Crippen LogP contribution in [0, 0.1) is 0 Å². The van der Waals surface area contributed by atoms with Crippen LogP contribution in [0.3, 0.4) is 0 Å². The molecule has 10 nitrogen and oxygen atoms in total. The summed E-state index contributed by atoms with van der Waals surface area (Å²) in [7, 11) is 1.09. The smallest absolute Gasteiger partial charge is 0.306 e. The van der Waals surface area contributed by atoms with Crippen molar-refractivity contribution in [2.45, 2.75) is 168 Å². The van der Waals surface area contributed by atoms with E-state index in [1.165, 1.54) is 25.7 Å². The highest BCUT2D eigenvalue weighted by Crippen LogP contribution is 2.38. The molecule has 0 amide bonds. The van der Waals surface area contributed by atoms with Crippen LogP contribution in [0.2, 0.25) is 0 Å². The summed E-state index contributed by atoms with van der Waals surface area (Å²) in [6.45, 7) is 3.95. The molecule has 1 unspecified atom stereocenters. The van der Waals surface area contributed by atoms with Gasteiger partial charge in [-0.25, -0.2) is 0 Å². The summed E-state index contributed by atoms with van der Waals surface area (Å²) < 4.78 is 33.8. The van der Waals surface area contributed by atoms with Crippen LogP contribution in [0.25, 0.3) is 0 Å². The molecule has 57 heavy (non-hydrogen) atoms. The number of hydrogen-bond donors (Lipinski definition) is 0. The average Bonchev–Trinajstić information content (AvgIpc) is 3.15. The molecular formula is C46H80NO9P. The van der Waals surface area contributed by atoms with E-state index in [9.17, 15) is 23.8 Å². The molecule has 0 aromatic rings. The number of rotatable bonds is 39. The summed E-state index contributed by atoms with van der Waals surface area (Å²) >= 11 is 0. The number of quaternary nitrogens is 1. The Morgan fingerprint density at radius 3 is 1.72 bits per heavy atom. The molecule has 0 spiro atoms. The van der Waals surface area contributed by atoms with Crippen LogP contribution in [0.5, 0.6) is 0 Å². The van der Waals surface area contributed by atoms with Crippen molar-refractivity contribution in [1.29, 1.82) is 0 Å². The van der Waals surface area contributed by atoms with E-state index < -0.39 is 32.5 Å². The Labute approximate surface area is 347 Å². The molecule has 2 atom stereocenters. The van der Waals surface area contributed by atoms with E-state index in [2.05, 4.69) is 56.4 Å². The highest BCUT2D eigenvalue weighted by Gasteiger charge is 2.21. The number of likely N-dealkylation sites (N-methyl/N-ethyl adjacent to an activating group) is 1. The molecule has 11 heteroatoms. The predicted molar refractivity (Wildman–Crippen MR) is 231 cm³/mol. The number of unbranched alkanes of at least 4 members (excludes halogenated alkanes) is 14. The summed E-state index contributed by atoms with van der Waals surface area (Å²) in [6.07, 6.45) is 40.8. The van der Waals surface area contributed by atoms with Gasteiger partial charge in [-0.05, 0) is 76.7 Å². The lowest BCUT2D eigenvalue weighted by Crippen LogP contribution is -2.37. The molecule has 0 rings (SSSR count). The number of nitrogens with zero attached hydrogens (tertiary/aromatic N) is 1. The number of hydrogen-bond acceptors (Lipinski definition) is 9. The Hall–Kier alpha value is -2.62.